The number of amides is 1. The summed E-state index contributed by atoms with van der Waals surface area (Å²) < 4.78 is 36.3. The van der Waals surface area contributed by atoms with E-state index in [1.165, 1.54) is 12.8 Å². The summed E-state index contributed by atoms with van der Waals surface area (Å²) in [7, 11) is 0. The van der Waals surface area contributed by atoms with Gasteiger partial charge in [0.2, 0.25) is 5.92 Å². The van der Waals surface area contributed by atoms with E-state index in [2.05, 4.69) is 44.7 Å². The molecule has 0 spiro atoms. The first-order valence-corrected chi connectivity index (χ1v) is 12.2. The predicted molar refractivity (Wildman–Crippen MR) is 130 cm³/mol. The Hall–Kier alpha value is -2.16. The SMILES string of the molecule is O=C(Nc1cccc2c1ccn2CC1CC1)c1ccc(I)cc1OC1CCC(F)(F)CC1. The minimum atomic E-state index is -2.61. The lowest BCUT2D eigenvalue weighted by Gasteiger charge is -2.29. The van der Waals surface area contributed by atoms with Crippen molar-refractivity contribution in [3.8, 4) is 5.75 Å². The molecule has 0 aliphatic heterocycles. The van der Waals surface area contributed by atoms with Crippen LogP contribution in [0.1, 0.15) is 48.9 Å². The number of hydrogen-bond acceptors (Lipinski definition) is 2. The molecular weight excluding hydrogens is 525 g/mol. The van der Waals surface area contributed by atoms with Crippen LogP contribution in [-0.2, 0) is 6.54 Å². The molecule has 2 aliphatic rings. The monoisotopic (exact) mass is 550 g/mol. The molecule has 1 heterocycles. The van der Waals surface area contributed by atoms with E-state index in [1.807, 2.05) is 24.3 Å². The van der Waals surface area contributed by atoms with Crippen molar-refractivity contribution in [1.29, 1.82) is 0 Å². The topological polar surface area (TPSA) is 43.3 Å². The highest BCUT2D eigenvalue weighted by atomic mass is 127. The van der Waals surface area contributed by atoms with E-state index >= 15 is 0 Å². The smallest absolute Gasteiger partial charge is 0.259 e. The summed E-state index contributed by atoms with van der Waals surface area (Å²) >= 11 is 2.16. The van der Waals surface area contributed by atoms with Crippen LogP contribution < -0.4 is 10.1 Å². The first-order chi connectivity index (χ1) is 15.4. The van der Waals surface area contributed by atoms with Gasteiger partial charge in [-0.1, -0.05) is 6.07 Å². The maximum atomic E-state index is 13.5. The zero-order valence-electron chi connectivity index (χ0n) is 17.6. The molecule has 2 fully saturated rings. The van der Waals surface area contributed by atoms with Gasteiger partial charge in [0.05, 0.1) is 22.9 Å². The van der Waals surface area contributed by atoms with E-state index in [4.69, 9.17) is 4.74 Å². The van der Waals surface area contributed by atoms with Gasteiger partial charge in [-0.15, -0.1) is 0 Å². The van der Waals surface area contributed by atoms with Gasteiger partial charge in [-0.2, -0.15) is 0 Å². The highest BCUT2D eigenvalue weighted by Crippen LogP contribution is 2.36. The number of carbonyl (C=O) groups is 1. The fraction of sp³-hybridized carbons (Fsp3) is 0.400. The summed E-state index contributed by atoms with van der Waals surface area (Å²) in [6, 6.07) is 13.4. The summed E-state index contributed by atoms with van der Waals surface area (Å²) in [6.45, 7) is 1.01. The summed E-state index contributed by atoms with van der Waals surface area (Å²) in [5, 5.41) is 4.04. The lowest BCUT2D eigenvalue weighted by atomic mass is 9.94. The number of aromatic nitrogens is 1. The van der Waals surface area contributed by atoms with Crippen LogP contribution in [-0.4, -0.2) is 22.5 Å². The van der Waals surface area contributed by atoms with Crippen molar-refractivity contribution < 1.29 is 18.3 Å². The average Bonchev–Trinajstić information content (AvgIpc) is 3.48. The molecule has 0 unspecified atom stereocenters. The average molecular weight is 550 g/mol. The van der Waals surface area contributed by atoms with Gasteiger partial charge in [-0.3, -0.25) is 4.79 Å². The quantitative estimate of drug-likeness (QED) is 0.341. The van der Waals surface area contributed by atoms with E-state index < -0.39 is 5.92 Å². The van der Waals surface area contributed by atoms with Gasteiger partial charge < -0.3 is 14.6 Å². The first kappa shape index (κ1) is 21.7. The van der Waals surface area contributed by atoms with Crippen LogP contribution in [0.2, 0.25) is 0 Å². The normalized spacial score (nSPS) is 18.6. The van der Waals surface area contributed by atoms with Crippen LogP contribution in [0.5, 0.6) is 5.75 Å². The number of rotatable bonds is 6. The largest absolute Gasteiger partial charge is 0.490 e. The zero-order valence-corrected chi connectivity index (χ0v) is 19.8. The molecular formula is C25H25F2IN2O2. The Morgan fingerprint density at radius 2 is 1.91 bits per heavy atom. The maximum Gasteiger partial charge on any atom is 0.259 e. The summed E-state index contributed by atoms with van der Waals surface area (Å²) in [5.74, 6) is -1.67. The van der Waals surface area contributed by atoms with Crippen LogP contribution in [0.25, 0.3) is 10.9 Å². The Labute approximate surface area is 199 Å². The molecule has 2 saturated carbocycles. The molecule has 0 saturated heterocycles. The molecule has 3 aromatic rings. The van der Waals surface area contributed by atoms with Crippen molar-refractivity contribution in [2.45, 2.75) is 57.1 Å². The number of ether oxygens (including phenoxy) is 1. The number of nitrogens with zero attached hydrogens (tertiary/aromatic N) is 1. The Morgan fingerprint density at radius 3 is 2.66 bits per heavy atom. The molecule has 1 amide bonds. The second kappa shape index (κ2) is 8.65. The third-order valence-electron chi connectivity index (χ3n) is 6.36. The predicted octanol–water partition coefficient (Wildman–Crippen LogP) is 6.86. The van der Waals surface area contributed by atoms with Gasteiger partial charge in [0.25, 0.3) is 5.91 Å². The first-order valence-electron chi connectivity index (χ1n) is 11.1. The summed E-state index contributed by atoms with van der Waals surface area (Å²) in [6.07, 6.45) is 4.55. The second-order valence-corrected chi connectivity index (χ2v) is 10.2. The fourth-order valence-corrected chi connectivity index (χ4v) is 4.81. The number of halogens is 3. The van der Waals surface area contributed by atoms with Crippen molar-refractivity contribution in [2.75, 3.05) is 5.32 Å². The summed E-state index contributed by atoms with van der Waals surface area (Å²) in [5.41, 5.74) is 2.28. The molecule has 7 heteroatoms. The number of alkyl halides is 2. The number of carbonyl (C=O) groups excluding carboxylic acids is 1. The molecule has 4 nitrogen and oxygen atoms in total. The minimum absolute atomic E-state index is 0.178. The van der Waals surface area contributed by atoms with Crippen LogP contribution in [0.4, 0.5) is 14.5 Å². The van der Waals surface area contributed by atoms with Gasteiger partial charge in [-0.05, 0) is 90.6 Å². The molecule has 0 bridgehead atoms. The van der Waals surface area contributed by atoms with Gasteiger partial charge >= 0.3 is 0 Å². The molecule has 1 N–H and O–H groups in total. The van der Waals surface area contributed by atoms with E-state index in [1.54, 1.807) is 12.1 Å². The molecule has 2 aliphatic carbocycles. The van der Waals surface area contributed by atoms with E-state index in [-0.39, 0.29) is 37.7 Å². The number of nitrogens with one attached hydrogen (secondary N) is 1. The Bertz CT molecular complexity index is 1150. The number of anilines is 1. The highest BCUT2D eigenvalue weighted by molar-refractivity contribution is 14.1. The second-order valence-electron chi connectivity index (χ2n) is 8.92. The van der Waals surface area contributed by atoms with Crippen LogP contribution >= 0.6 is 22.6 Å². The van der Waals surface area contributed by atoms with Gasteiger partial charge in [0.1, 0.15) is 5.75 Å². The highest BCUT2D eigenvalue weighted by Gasteiger charge is 2.36. The Balaban J connectivity index is 1.36. The molecule has 0 radical (unpaired) electrons. The van der Waals surface area contributed by atoms with Gasteiger partial charge in [0.15, 0.2) is 0 Å². The maximum absolute atomic E-state index is 13.5. The van der Waals surface area contributed by atoms with Crippen LogP contribution in [0.3, 0.4) is 0 Å². The number of hydrogen-bond donors (Lipinski definition) is 1. The van der Waals surface area contributed by atoms with Crippen molar-refractivity contribution in [3.05, 3.63) is 57.8 Å². The Morgan fingerprint density at radius 1 is 1.12 bits per heavy atom. The standard InChI is InChI=1S/C25H25F2IN2O2/c26-25(27)11-8-18(9-12-25)32-23-14-17(28)6-7-20(23)24(31)29-21-2-1-3-22-19(21)10-13-30(22)15-16-4-5-16/h1-3,6-7,10,13-14,16,18H,4-5,8-9,11-12,15H2,(H,29,31). The van der Waals surface area contributed by atoms with Crippen molar-refractivity contribution in [3.63, 3.8) is 0 Å². The lowest BCUT2D eigenvalue weighted by Crippen LogP contribution is -2.31. The van der Waals surface area contributed by atoms with Crippen LogP contribution in [0.15, 0.2) is 48.7 Å². The van der Waals surface area contributed by atoms with Gasteiger partial charge in [0, 0.05) is 34.5 Å². The van der Waals surface area contributed by atoms with Crippen molar-refractivity contribution in [2.24, 2.45) is 5.92 Å². The molecule has 5 rings (SSSR count). The zero-order chi connectivity index (χ0) is 22.3. The molecule has 1 aromatic heterocycles. The van der Waals surface area contributed by atoms with Gasteiger partial charge in [-0.25, -0.2) is 8.78 Å². The lowest BCUT2D eigenvalue weighted by molar-refractivity contribution is -0.0583. The van der Waals surface area contributed by atoms with Crippen LogP contribution in [0, 0.1) is 9.49 Å². The summed E-state index contributed by atoms with van der Waals surface area (Å²) in [4.78, 5) is 13.2. The molecule has 0 atom stereocenters. The minimum Gasteiger partial charge on any atom is -0.490 e. The van der Waals surface area contributed by atoms with E-state index in [9.17, 15) is 13.6 Å². The number of fused-ring (bicyclic) bond motifs is 1. The Kier molecular flexibility index (Phi) is 5.86. The van der Waals surface area contributed by atoms with E-state index in [0.29, 0.717) is 11.3 Å². The molecule has 2 aromatic carbocycles. The van der Waals surface area contributed by atoms with Crippen molar-refractivity contribution >= 4 is 45.1 Å². The molecule has 168 valence electrons. The number of benzene rings is 2. The fourth-order valence-electron chi connectivity index (χ4n) is 4.35. The third kappa shape index (κ3) is 4.77. The van der Waals surface area contributed by atoms with Crippen molar-refractivity contribution in [1.82, 2.24) is 4.57 Å². The molecule has 32 heavy (non-hydrogen) atoms. The third-order valence-corrected chi connectivity index (χ3v) is 7.03. The van der Waals surface area contributed by atoms with E-state index in [0.717, 1.165) is 32.6 Å².